The van der Waals surface area contributed by atoms with Gasteiger partial charge in [0.15, 0.2) is 0 Å². The summed E-state index contributed by atoms with van der Waals surface area (Å²) in [5.74, 6) is 0.671. The first kappa shape index (κ1) is 14.7. The van der Waals surface area contributed by atoms with E-state index >= 15 is 0 Å². The SMILES string of the molecule is C=C(C)CN(CC)C(=O)CSc1nnc(CN)o1. The highest BCUT2D eigenvalue weighted by Crippen LogP contribution is 2.16. The topological polar surface area (TPSA) is 85.2 Å². The van der Waals surface area contributed by atoms with Crippen LogP contribution in [0.15, 0.2) is 21.8 Å². The Bertz CT molecular complexity index is 419. The van der Waals surface area contributed by atoms with Crippen LogP contribution in [0.2, 0.25) is 0 Å². The number of hydrogen-bond acceptors (Lipinski definition) is 6. The molecular formula is C11H18N4O2S. The van der Waals surface area contributed by atoms with Crippen LogP contribution in [-0.4, -0.2) is 39.8 Å². The normalized spacial score (nSPS) is 10.4. The van der Waals surface area contributed by atoms with E-state index < -0.39 is 0 Å². The predicted molar refractivity (Wildman–Crippen MR) is 70.0 cm³/mol. The third kappa shape index (κ3) is 4.50. The maximum absolute atomic E-state index is 11.9. The quantitative estimate of drug-likeness (QED) is 0.588. The van der Waals surface area contributed by atoms with Crippen molar-refractivity contribution < 1.29 is 9.21 Å². The smallest absolute Gasteiger partial charge is 0.277 e. The number of likely N-dealkylation sites (N-methyl/N-ethyl adjacent to an activating group) is 1. The van der Waals surface area contributed by atoms with Crippen LogP contribution in [-0.2, 0) is 11.3 Å². The molecule has 0 unspecified atom stereocenters. The molecule has 0 aromatic carbocycles. The van der Waals surface area contributed by atoms with Gasteiger partial charge in [-0.1, -0.05) is 23.9 Å². The highest BCUT2D eigenvalue weighted by molar-refractivity contribution is 7.99. The van der Waals surface area contributed by atoms with Crippen molar-refractivity contribution in [1.82, 2.24) is 15.1 Å². The maximum Gasteiger partial charge on any atom is 0.277 e. The van der Waals surface area contributed by atoms with Crippen molar-refractivity contribution in [2.45, 2.75) is 25.6 Å². The third-order valence-electron chi connectivity index (χ3n) is 2.14. The second-order valence-corrected chi connectivity index (χ2v) is 4.75. The molecule has 0 fully saturated rings. The zero-order chi connectivity index (χ0) is 13.5. The number of thioether (sulfide) groups is 1. The third-order valence-corrected chi connectivity index (χ3v) is 2.94. The van der Waals surface area contributed by atoms with Gasteiger partial charge in [-0.3, -0.25) is 4.79 Å². The molecule has 1 heterocycles. The first-order valence-corrected chi connectivity index (χ1v) is 6.62. The summed E-state index contributed by atoms with van der Waals surface area (Å²) in [6.45, 7) is 9.08. The molecule has 1 aromatic heterocycles. The van der Waals surface area contributed by atoms with E-state index in [2.05, 4.69) is 16.8 Å². The van der Waals surface area contributed by atoms with Gasteiger partial charge in [-0.05, 0) is 13.8 Å². The Labute approximate surface area is 111 Å². The lowest BCUT2D eigenvalue weighted by Gasteiger charge is -2.20. The molecule has 1 aromatic rings. The summed E-state index contributed by atoms with van der Waals surface area (Å²) in [5.41, 5.74) is 6.31. The molecule has 0 aliphatic heterocycles. The molecule has 0 bridgehead atoms. The number of nitrogens with two attached hydrogens (primary N) is 1. The number of hydrogen-bond donors (Lipinski definition) is 1. The standard InChI is InChI=1S/C11H18N4O2S/c1-4-15(6-8(2)3)10(16)7-18-11-14-13-9(5-12)17-11/h2,4-7,12H2,1,3H3. The molecule has 0 saturated heterocycles. The summed E-state index contributed by atoms with van der Waals surface area (Å²) in [5, 5.41) is 7.88. The highest BCUT2D eigenvalue weighted by atomic mass is 32.2. The van der Waals surface area contributed by atoms with E-state index in [0.717, 1.165) is 5.57 Å². The Morgan fingerprint density at radius 3 is 2.78 bits per heavy atom. The van der Waals surface area contributed by atoms with Crippen LogP contribution >= 0.6 is 11.8 Å². The van der Waals surface area contributed by atoms with Gasteiger partial charge in [0.25, 0.3) is 5.22 Å². The largest absolute Gasteiger partial charge is 0.415 e. The van der Waals surface area contributed by atoms with E-state index in [4.69, 9.17) is 10.2 Å². The summed E-state index contributed by atoms with van der Waals surface area (Å²) < 4.78 is 5.21. The van der Waals surface area contributed by atoms with Crippen molar-refractivity contribution in [3.8, 4) is 0 Å². The van der Waals surface area contributed by atoms with Crippen LogP contribution in [0, 0.1) is 0 Å². The summed E-state index contributed by atoms with van der Waals surface area (Å²) >= 11 is 1.22. The second-order valence-electron chi connectivity index (χ2n) is 3.82. The Morgan fingerprint density at radius 2 is 2.28 bits per heavy atom. The lowest BCUT2D eigenvalue weighted by Crippen LogP contribution is -2.33. The Hall–Kier alpha value is -1.34. The molecule has 1 amide bonds. The van der Waals surface area contributed by atoms with Gasteiger partial charge < -0.3 is 15.1 Å². The minimum Gasteiger partial charge on any atom is -0.415 e. The van der Waals surface area contributed by atoms with Crippen molar-refractivity contribution in [1.29, 1.82) is 0 Å². The first-order valence-electron chi connectivity index (χ1n) is 5.64. The van der Waals surface area contributed by atoms with E-state index in [1.54, 1.807) is 4.90 Å². The van der Waals surface area contributed by atoms with Gasteiger partial charge >= 0.3 is 0 Å². The van der Waals surface area contributed by atoms with Crippen molar-refractivity contribution >= 4 is 17.7 Å². The summed E-state index contributed by atoms with van der Waals surface area (Å²) in [7, 11) is 0. The molecule has 100 valence electrons. The van der Waals surface area contributed by atoms with Gasteiger partial charge in [-0.25, -0.2) is 0 Å². The maximum atomic E-state index is 11.9. The fraction of sp³-hybridized carbons (Fsp3) is 0.545. The van der Waals surface area contributed by atoms with Crippen molar-refractivity contribution in [3.05, 3.63) is 18.0 Å². The average molecular weight is 270 g/mol. The molecule has 0 saturated carbocycles. The molecule has 0 aliphatic rings. The second kappa shape index (κ2) is 7.17. The van der Waals surface area contributed by atoms with Gasteiger partial charge in [0.05, 0.1) is 12.3 Å². The molecule has 0 radical (unpaired) electrons. The summed E-state index contributed by atoms with van der Waals surface area (Å²) in [6.07, 6.45) is 0. The lowest BCUT2D eigenvalue weighted by atomic mass is 10.3. The molecule has 18 heavy (non-hydrogen) atoms. The number of carbonyl (C=O) groups excluding carboxylic acids is 1. The van der Waals surface area contributed by atoms with Gasteiger partial charge in [-0.2, -0.15) is 0 Å². The molecule has 2 N–H and O–H groups in total. The van der Waals surface area contributed by atoms with Crippen molar-refractivity contribution in [3.63, 3.8) is 0 Å². The molecule has 0 spiro atoms. The highest BCUT2D eigenvalue weighted by Gasteiger charge is 2.14. The van der Waals surface area contributed by atoms with Crippen LogP contribution in [0.5, 0.6) is 0 Å². The van der Waals surface area contributed by atoms with Gasteiger partial charge in [0.1, 0.15) is 0 Å². The Kier molecular flexibility index (Phi) is 5.87. The zero-order valence-corrected chi connectivity index (χ0v) is 11.5. The van der Waals surface area contributed by atoms with Crippen LogP contribution in [0.25, 0.3) is 0 Å². The fourth-order valence-corrected chi connectivity index (χ4v) is 1.98. The Morgan fingerprint density at radius 1 is 1.56 bits per heavy atom. The van der Waals surface area contributed by atoms with E-state index in [0.29, 0.717) is 24.2 Å². The summed E-state index contributed by atoms with van der Waals surface area (Å²) in [4.78, 5) is 13.6. The molecule has 6 nitrogen and oxygen atoms in total. The van der Waals surface area contributed by atoms with Crippen LogP contribution in [0.3, 0.4) is 0 Å². The molecule has 0 aliphatic carbocycles. The minimum absolute atomic E-state index is 0.0259. The number of amides is 1. The van der Waals surface area contributed by atoms with E-state index in [1.165, 1.54) is 11.8 Å². The molecular weight excluding hydrogens is 252 g/mol. The lowest BCUT2D eigenvalue weighted by molar-refractivity contribution is -0.127. The van der Waals surface area contributed by atoms with Gasteiger partial charge in [0.2, 0.25) is 11.8 Å². The van der Waals surface area contributed by atoms with Gasteiger partial charge in [-0.15, -0.1) is 10.2 Å². The number of aromatic nitrogens is 2. The minimum atomic E-state index is 0.0259. The molecule has 0 atom stereocenters. The fourth-order valence-electron chi connectivity index (χ4n) is 1.30. The number of rotatable bonds is 7. The number of nitrogens with zero attached hydrogens (tertiary/aromatic N) is 3. The average Bonchev–Trinajstić information content (AvgIpc) is 2.80. The monoisotopic (exact) mass is 270 g/mol. The zero-order valence-electron chi connectivity index (χ0n) is 10.7. The molecule has 1 rings (SSSR count). The molecule has 7 heteroatoms. The number of carbonyl (C=O) groups is 1. The van der Waals surface area contributed by atoms with Crippen molar-refractivity contribution in [2.75, 3.05) is 18.8 Å². The van der Waals surface area contributed by atoms with E-state index in [-0.39, 0.29) is 18.2 Å². The van der Waals surface area contributed by atoms with Crippen LogP contribution in [0.4, 0.5) is 0 Å². The van der Waals surface area contributed by atoms with Crippen molar-refractivity contribution in [2.24, 2.45) is 5.73 Å². The van der Waals surface area contributed by atoms with Crippen LogP contribution in [0.1, 0.15) is 19.7 Å². The van der Waals surface area contributed by atoms with Gasteiger partial charge in [0, 0.05) is 13.1 Å². The predicted octanol–water partition coefficient (Wildman–Crippen LogP) is 1.04. The van der Waals surface area contributed by atoms with Crippen LogP contribution < -0.4 is 5.73 Å². The van der Waals surface area contributed by atoms with E-state index in [9.17, 15) is 4.79 Å². The Balaban J connectivity index is 2.46. The van der Waals surface area contributed by atoms with E-state index in [1.807, 2.05) is 13.8 Å². The summed E-state index contributed by atoms with van der Waals surface area (Å²) in [6, 6.07) is 0. The first-order chi connectivity index (χ1) is 8.56.